The maximum absolute atomic E-state index is 13.3. The summed E-state index contributed by atoms with van der Waals surface area (Å²) in [5, 5.41) is 9.74. The van der Waals surface area contributed by atoms with E-state index in [4.69, 9.17) is 11.0 Å². The zero-order chi connectivity index (χ0) is 20.3. The number of halogens is 1. The number of nitrogens with zero attached hydrogens (tertiary/aromatic N) is 3. The van der Waals surface area contributed by atoms with Crippen LogP contribution in [0.3, 0.4) is 0 Å². The number of hydrogen-bond acceptors (Lipinski definition) is 6. The highest BCUT2D eigenvalue weighted by Crippen LogP contribution is 2.22. The third kappa shape index (κ3) is 3.80. The zero-order valence-corrected chi connectivity index (χ0v) is 15.7. The molecule has 0 bridgehead atoms. The Morgan fingerprint density at radius 2 is 1.93 bits per heavy atom. The first-order chi connectivity index (χ1) is 13.4. The fraction of sp³-hybridized carbons (Fsp3) is 0.100. The van der Waals surface area contributed by atoms with Crippen molar-refractivity contribution < 1.29 is 9.18 Å². The van der Waals surface area contributed by atoms with Gasteiger partial charge in [-0.1, -0.05) is 23.9 Å². The number of thioether (sulfide) groups is 1. The van der Waals surface area contributed by atoms with Gasteiger partial charge in [0.05, 0.1) is 22.3 Å². The quantitative estimate of drug-likeness (QED) is 0.309. The molecule has 1 heterocycles. The maximum Gasteiger partial charge on any atom is 0.266 e. The summed E-state index contributed by atoms with van der Waals surface area (Å²) in [7, 11) is 0. The molecule has 0 saturated heterocycles. The lowest BCUT2D eigenvalue weighted by Gasteiger charge is -2.13. The van der Waals surface area contributed by atoms with E-state index in [2.05, 4.69) is 4.98 Å². The molecule has 28 heavy (non-hydrogen) atoms. The molecule has 0 aliphatic heterocycles. The molecule has 8 heteroatoms. The van der Waals surface area contributed by atoms with Gasteiger partial charge in [0, 0.05) is 5.70 Å². The van der Waals surface area contributed by atoms with Gasteiger partial charge >= 0.3 is 0 Å². The molecule has 0 aliphatic rings. The van der Waals surface area contributed by atoms with E-state index in [1.54, 1.807) is 30.3 Å². The van der Waals surface area contributed by atoms with Gasteiger partial charge in [0.2, 0.25) is 0 Å². The van der Waals surface area contributed by atoms with Gasteiger partial charge < -0.3 is 5.73 Å². The van der Waals surface area contributed by atoms with Gasteiger partial charge in [-0.3, -0.25) is 14.2 Å². The van der Waals surface area contributed by atoms with Crippen molar-refractivity contribution >= 4 is 28.4 Å². The van der Waals surface area contributed by atoms with Crippen molar-refractivity contribution in [2.75, 3.05) is 5.75 Å². The van der Waals surface area contributed by atoms with Crippen LogP contribution in [0.2, 0.25) is 0 Å². The number of nitrogens with two attached hydrogens (primary N) is 1. The highest BCUT2D eigenvalue weighted by Gasteiger charge is 2.17. The molecule has 0 unspecified atom stereocenters. The molecular weight excluding hydrogens is 379 g/mol. The van der Waals surface area contributed by atoms with Crippen LogP contribution >= 0.6 is 11.8 Å². The van der Waals surface area contributed by atoms with E-state index in [-0.39, 0.29) is 27.7 Å². The lowest BCUT2D eigenvalue weighted by molar-refractivity contribution is -0.112. The van der Waals surface area contributed by atoms with Crippen molar-refractivity contribution in [3.05, 3.63) is 76.0 Å². The molecule has 140 valence electrons. The molecule has 0 saturated carbocycles. The molecule has 0 atom stereocenters. The normalized spacial score (nSPS) is 11.8. The van der Waals surface area contributed by atoms with Gasteiger partial charge in [-0.25, -0.2) is 9.37 Å². The molecule has 6 nitrogen and oxygen atoms in total. The van der Waals surface area contributed by atoms with E-state index >= 15 is 0 Å². The minimum Gasteiger partial charge on any atom is -0.401 e. The van der Waals surface area contributed by atoms with Crippen molar-refractivity contribution in [2.45, 2.75) is 12.1 Å². The third-order valence-corrected chi connectivity index (χ3v) is 4.89. The van der Waals surface area contributed by atoms with Gasteiger partial charge in [-0.15, -0.1) is 0 Å². The van der Waals surface area contributed by atoms with Gasteiger partial charge in [0.25, 0.3) is 5.56 Å². The first-order valence-electron chi connectivity index (χ1n) is 8.22. The third-order valence-electron chi connectivity index (χ3n) is 3.95. The summed E-state index contributed by atoms with van der Waals surface area (Å²) >= 11 is 1.01. The summed E-state index contributed by atoms with van der Waals surface area (Å²) < 4.78 is 14.6. The average Bonchev–Trinajstić information content (AvgIpc) is 2.68. The summed E-state index contributed by atoms with van der Waals surface area (Å²) in [6, 6.07) is 14.0. The van der Waals surface area contributed by atoms with Crippen LogP contribution in [-0.4, -0.2) is 21.1 Å². The summed E-state index contributed by atoms with van der Waals surface area (Å²) in [4.78, 5) is 29.8. The van der Waals surface area contributed by atoms with Gasteiger partial charge in [0.15, 0.2) is 10.9 Å². The number of ketones is 1. The Labute approximate surface area is 164 Å². The molecular formula is C20H15FN4O2S. The number of carbonyl (C=O) groups excluding carboxylic acids is 1. The number of rotatable bonds is 5. The number of para-hydroxylation sites is 1. The Bertz CT molecular complexity index is 1190. The Morgan fingerprint density at radius 1 is 1.25 bits per heavy atom. The fourth-order valence-corrected chi connectivity index (χ4v) is 3.48. The lowest BCUT2D eigenvalue weighted by Crippen LogP contribution is -2.22. The Morgan fingerprint density at radius 3 is 2.57 bits per heavy atom. The fourth-order valence-electron chi connectivity index (χ4n) is 2.60. The SMILES string of the molecule is C/C(N)=C(\C#N)C(=O)CSc1nc2ccccc2c(=O)n1-c1ccc(F)cc1. The Kier molecular flexibility index (Phi) is 5.57. The molecule has 0 spiro atoms. The molecule has 2 N–H and O–H groups in total. The predicted octanol–water partition coefficient (Wildman–Crippen LogP) is 2.94. The van der Waals surface area contributed by atoms with Crippen molar-refractivity contribution in [3.63, 3.8) is 0 Å². The molecule has 3 rings (SSSR count). The lowest BCUT2D eigenvalue weighted by atomic mass is 10.2. The van der Waals surface area contributed by atoms with E-state index in [0.717, 1.165) is 11.8 Å². The summed E-state index contributed by atoms with van der Waals surface area (Å²) in [5.74, 6) is -1.01. The van der Waals surface area contributed by atoms with E-state index in [0.29, 0.717) is 16.6 Å². The van der Waals surface area contributed by atoms with Crippen LogP contribution in [0.15, 0.2) is 69.8 Å². The smallest absolute Gasteiger partial charge is 0.266 e. The average molecular weight is 394 g/mol. The number of Topliss-reactive ketones (excluding diaryl/α,β-unsaturated/α-hetero) is 1. The highest BCUT2D eigenvalue weighted by molar-refractivity contribution is 7.99. The Hall–Kier alpha value is -3.44. The van der Waals surface area contributed by atoms with Crippen molar-refractivity contribution in [3.8, 4) is 11.8 Å². The van der Waals surface area contributed by atoms with Crippen LogP contribution in [0.1, 0.15) is 6.92 Å². The first kappa shape index (κ1) is 19.3. The number of carbonyl (C=O) groups is 1. The predicted molar refractivity (Wildman–Crippen MR) is 106 cm³/mol. The Balaban J connectivity index is 2.10. The van der Waals surface area contributed by atoms with Crippen LogP contribution in [0.5, 0.6) is 0 Å². The molecule has 0 aliphatic carbocycles. The van der Waals surface area contributed by atoms with Crippen LogP contribution in [-0.2, 0) is 4.79 Å². The van der Waals surface area contributed by atoms with Crippen molar-refractivity contribution in [1.29, 1.82) is 5.26 Å². The van der Waals surface area contributed by atoms with E-state index in [1.807, 2.05) is 0 Å². The van der Waals surface area contributed by atoms with Crippen molar-refractivity contribution in [1.82, 2.24) is 9.55 Å². The molecule has 2 aromatic carbocycles. The minimum absolute atomic E-state index is 0.121. The number of fused-ring (bicyclic) bond motifs is 1. The molecule has 3 aromatic rings. The summed E-state index contributed by atoms with van der Waals surface area (Å²) in [6.45, 7) is 1.48. The number of allylic oxidation sites excluding steroid dienone is 2. The molecule has 0 radical (unpaired) electrons. The second kappa shape index (κ2) is 8.06. The van der Waals surface area contributed by atoms with E-state index in [1.165, 1.54) is 35.8 Å². The number of aromatic nitrogens is 2. The number of hydrogen-bond donors (Lipinski definition) is 1. The zero-order valence-electron chi connectivity index (χ0n) is 14.8. The largest absolute Gasteiger partial charge is 0.401 e. The van der Waals surface area contributed by atoms with Crippen LogP contribution < -0.4 is 11.3 Å². The maximum atomic E-state index is 13.3. The monoisotopic (exact) mass is 394 g/mol. The van der Waals surface area contributed by atoms with Gasteiger partial charge in [0.1, 0.15) is 17.5 Å². The number of nitriles is 1. The van der Waals surface area contributed by atoms with Crippen LogP contribution in [0.4, 0.5) is 4.39 Å². The second-order valence-corrected chi connectivity index (χ2v) is 6.85. The van der Waals surface area contributed by atoms with E-state index in [9.17, 15) is 14.0 Å². The van der Waals surface area contributed by atoms with Crippen molar-refractivity contribution in [2.24, 2.45) is 5.73 Å². The molecule has 0 fully saturated rings. The second-order valence-electron chi connectivity index (χ2n) is 5.91. The molecule has 1 aromatic heterocycles. The highest BCUT2D eigenvalue weighted by atomic mass is 32.2. The van der Waals surface area contributed by atoms with Crippen LogP contribution in [0.25, 0.3) is 16.6 Å². The van der Waals surface area contributed by atoms with Crippen LogP contribution in [0, 0.1) is 17.1 Å². The van der Waals surface area contributed by atoms with Gasteiger partial charge in [-0.2, -0.15) is 5.26 Å². The summed E-state index contributed by atoms with van der Waals surface area (Å²) in [5.41, 5.74) is 6.15. The van der Waals surface area contributed by atoms with E-state index < -0.39 is 11.6 Å². The summed E-state index contributed by atoms with van der Waals surface area (Å²) in [6.07, 6.45) is 0. The first-order valence-corrected chi connectivity index (χ1v) is 9.21. The van der Waals surface area contributed by atoms with Gasteiger partial charge in [-0.05, 0) is 43.3 Å². The minimum atomic E-state index is -0.458. The number of benzene rings is 2. The molecule has 0 amide bonds. The standard InChI is InChI=1S/C20H15FN4O2S/c1-12(23)16(10-22)18(26)11-28-20-24-17-5-3-2-4-15(17)19(27)25(20)14-8-6-13(21)7-9-14/h2-9H,11,23H2,1H3/b16-12-. The topological polar surface area (TPSA) is 102 Å².